The lowest BCUT2D eigenvalue weighted by Gasteiger charge is -2.10. The maximum Gasteiger partial charge on any atom is 0.0501 e. The van der Waals surface area contributed by atoms with E-state index in [4.69, 9.17) is 0 Å². The molecule has 3 nitrogen and oxygen atoms in total. The van der Waals surface area contributed by atoms with Gasteiger partial charge in [-0.2, -0.15) is 0 Å². The van der Waals surface area contributed by atoms with Gasteiger partial charge in [0.25, 0.3) is 0 Å². The van der Waals surface area contributed by atoms with E-state index in [1.807, 2.05) is 11.3 Å². The van der Waals surface area contributed by atoms with Crippen molar-refractivity contribution >= 4 is 22.2 Å². The van der Waals surface area contributed by atoms with Gasteiger partial charge in [0.2, 0.25) is 0 Å². The minimum absolute atomic E-state index is 0.434. The Bertz CT molecular complexity index is 1170. The first-order chi connectivity index (χ1) is 14.0. The average molecular weight is 402 g/mol. The van der Waals surface area contributed by atoms with Crippen molar-refractivity contribution in [1.82, 2.24) is 15.3 Å². The van der Waals surface area contributed by atoms with Gasteiger partial charge in [0.05, 0.1) is 5.69 Å². The summed E-state index contributed by atoms with van der Waals surface area (Å²) in [6.45, 7) is 10.8. The number of pyridine rings is 1. The highest BCUT2D eigenvalue weighted by atomic mass is 32.1. The number of benzene rings is 1. The summed E-state index contributed by atoms with van der Waals surface area (Å²) in [5.41, 5.74) is 10.0. The van der Waals surface area contributed by atoms with Gasteiger partial charge in [0.15, 0.2) is 0 Å². The van der Waals surface area contributed by atoms with Gasteiger partial charge in [-0.05, 0) is 79.8 Å². The smallest absolute Gasteiger partial charge is 0.0501 e. The summed E-state index contributed by atoms with van der Waals surface area (Å²) < 4.78 is 0. The molecule has 148 valence electrons. The molecule has 0 unspecified atom stereocenters. The Kier molecular flexibility index (Phi) is 4.56. The Morgan fingerprint density at radius 3 is 2.52 bits per heavy atom. The molecule has 29 heavy (non-hydrogen) atoms. The molecule has 0 radical (unpaired) electrons. The first kappa shape index (κ1) is 18.6. The number of aromatic amines is 1. The maximum atomic E-state index is 4.56. The molecule has 0 aliphatic carbocycles. The molecule has 0 fully saturated rings. The van der Waals surface area contributed by atoms with Gasteiger partial charge in [0.1, 0.15) is 0 Å². The van der Waals surface area contributed by atoms with Gasteiger partial charge in [-0.15, -0.1) is 11.3 Å². The third kappa shape index (κ3) is 3.30. The van der Waals surface area contributed by atoms with Gasteiger partial charge in [-0.1, -0.05) is 19.9 Å². The zero-order valence-electron chi connectivity index (χ0n) is 17.5. The molecule has 0 spiro atoms. The van der Waals surface area contributed by atoms with Gasteiger partial charge in [0, 0.05) is 44.2 Å². The normalized spacial score (nSPS) is 14.0. The van der Waals surface area contributed by atoms with Crippen molar-refractivity contribution in [2.45, 2.75) is 46.6 Å². The molecular formula is C25H27N3S. The van der Waals surface area contributed by atoms with E-state index in [2.05, 4.69) is 79.4 Å². The number of hydrogen-bond acceptors (Lipinski definition) is 3. The molecule has 0 bridgehead atoms. The number of aryl methyl sites for hydroxylation is 2. The Morgan fingerprint density at radius 1 is 1.00 bits per heavy atom. The molecule has 3 aromatic heterocycles. The van der Waals surface area contributed by atoms with Crippen LogP contribution in [0.15, 0.2) is 36.4 Å². The summed E-state index contributed by atoms with van der Waals surface area (Å²) >= 11 is 1.94. The number of hydrogen-bond donors (Lipinski definition) is 2. The average Bonchev–Trinajstić information content (AvgIpc) is 3.28. The fourth-order valence-corrected chi connectivity index (χ4v) is 5.74. The Morgan fingerprint density at radius 2 is 1.79 bits per heavy atom. The van der Waals surface area contributed by atoms with Crippen LogP contribution in [0.2, 0.25) is 0 Å². The van der Waals surface area contributed by atoms with Crippen LogP contribution in [0.4, 0.5) is 0 Å². The highest BCUT2D eigenvalue weighted by Gasteiger charge is 2.19. The zero-order valence-corrected chi connectivity index (χ0v) is 18.3. The second-order valence-electron chi connectivity index (χ2n) is 8.45. The summed E-state index contributed by atoms with van der Waals surface area (Å²) in [4.78, 5) is 11.1. The first-order valence-corrected chi connectivity index (χ1v) is 11.2. The van der Waals surface area contributed by atoms with Crippen LogP contribution in [0.1, 0.15) is 47.2 Å². The van der Waals surface area contributed by atoms with Crippen LogP contribution in [0.5, 0.6) is 0 Å². The predicted octanol–water partition coefficient (Wildman–Crippen LogP) is 6.34. The minimum Gasteiger partial charge on any atom is -0.354 e. The number of fused-ring (bicyclic) bond motifs is 2. The number of nitrogens with one attached hydrogen (secondary N) is 2. The minimum atomic E-state index is 0.434. The summed E-state index contributed by atoms with van der Waals surface area (Å²) in [7, 11) is 0. The van der Waals surface area contributed by atoms with Gasteiger partial charge in [-0.3, -0.25) is 4.98 Å². The first-order valence-electron chi connectivity index (χ1n) is 10.4. The molecule has 4 heteroatoms. The fourth-order valence-electron chi connectivity index (χ4n) is 4.57. The van der Waals surface area contributed by atoms with Crippen LogP contribution in [0.3, 0.4) is 0 Å². The SMILES string of the molecule is Cc1cc(-c2[nH]c3ccc(-c4cc5c(s4)CNCC5)cc3c2C(C)C)cc(C)n1. The van der Waals surface area contributed by atoms with E-state index in [9.17, 15) is 0 Å². The van der Waals surface area contributed by atoms with Crippen molar-refractivity contribution in [3.05, 3.63) is 63.8 Å². The lowest BCUT2D eigenvalue weighted by Crippen LogP contribution is -2.21. The van der Waals surface area contributed by atoms with E-state index in [1.165, 1.54) is 48.6 Å². The quantitative estimate of drug-likeness (QED) is 0.420. The highest BCUT2D eigenvalue weighted by molar-refractivity contribution is 7.15. The van der Waals surface area contributed by atoms with Crippen LogP contribution >= 0.6 is 11.3 Å². The van der Waals surface area contributed by atoms with Crippen molar-refractivity contribution in [1.29, 1.82) is 0 Å². The summed E-state index contributed by atoms with van der Waals surface area (Å²) in [5, 5.41) is 4.83. The molecule has 2 N–H and O–H groups in total. The summed E-state index contributed by atoms with van der Waals surface area (Å²) in [6.07, 6.45) is 1.14. The Balaban J connectivity index is 1.67. The number of thiophene rings is 1. The molecule has 1 aromatic carbocycles. The van der Waals surface area contributed by atoms with E-state index < -0.39 is 0 Å². The monoisotopic (exact) mass is 401 g/mol. The van der Waals surface area contributed by atoms with Gasteiger partial charge >= 0.3 is 0 Å². The predicted molar refractivity (Wildman–Crippen MR) is 124 cm³/mol. The van der Waals surface area contributed by atoms with E-state index in [0.29, 0.717) is 5.92 Å². The largest absolute Gasteiger partial charge is 0.354 e. The second-order valence-corrected chi connectivity index (χ2v) is 9.59. The Labute approximate surface area is 176 Å². The zero-order chi connectivity index (χ0) is 20.1. The molecule has 1 aliphatic heterocycles. The van der Waals surface area contributed by atoms with Crippen molar-refractivity contribution in [3.63, 3.8) is 0 Å². The third-order valence-corrected chi connectivity index (χ3v) is 7.05. The van der Waals surface area contributed by atoms with E-state index in [-0.39, 0.29) is 0 Å². The molecule has 1 aliphatic rings. The van der Waals surface area contributed by atoms with Crippen molar-refractivity contribution in [2.75, 3.05) is 6.54 Å². The highest BCUT2D eigenvalue weighted by Crippen LogP contribution is 2.39. The third-order valence-electron chi connectivity index (χ3n) is 5.82. The van der Waals surface area contributed by atoms with Crippen LogP contribution in [-0.2, 0) is 13.0 Å². The second kappa shape index (κ2) is 7.12. The maximum absolute atomic E-state index is 4.56. The molecule has 0 amide bonds. The molecular weight excluding hydrogens is 374 g/mol. The number of nitrogens with zero attached hydrogens (tertiary/aromatic N) is 1. The van der Waals surface area contributed by atoms with Gasteiger partial charge in [-0.25, -0.2) is 0 Å². The summed E-state index contributed by atoms with van der Waals surface area (Å²) in [5.74, 6) is 0.434. The molecule has 4 heterocycles. The Hall–Kier alpha value is -2.43. The van der Waals surface area contributed by atoms with Crippen molar-refractivity contribution < 1.29 is 0 Å². The molecule has 4 aromatic rings. The molecule has 0 saturated carbocycles. The van der Waals surface area contributed by atoms with Crippen LogP contribution in [-0.4, -0.2) is 16.5 Å². The van der Waals surface area contributed by atoms with Crippen molar-refractivity contribution in [3.8, 4) is 21.7 Å². The number of H-pyrrole nitrogens is 1. The summed E-state index contributed by atoms with van der Waals surface area (Å²) in [6, 6.07) is 13.7. The lowest BCUT2D eigenvalue weighted by molar-refractivity contribution is 0.655. The molecule has 0 atom stereocenters. The van der Waals surface area contributed by atoms with E-state index >= 15 is 0 Å². The van der Waals surface area contributed by atoms with Crippen molar-refractivity contribution in [2.24, 2.45) is 0 Å². The van der Waals surface area contributed by atoms with Gasteiger partial charge < -0.3 is 10.3 Å². The van der Waals surface area contributed by atoms with Crippen LogP contribution in [0, 0.1) is 13.8 Å². The van der Waals surface area contributed by atoms with E-state index in [1.54, 1.807) is 0 Å². The topological polar surface area (TPSA) is 40.7 Å². The standard InChI is InChI=1S/C25H27N3S/c1-14(2)24-20-11-17(22-12-18-7-8-26-13-23(18)29-22)5-6-21(20)28-25(24)19-9-15(3)27-16(4)10-19/h5-6,9-12,14,26,28H,7-8,13H2,1-4H3. The molecule has 5 rings (SSSR count). The fraction of sp³-hybridized carbons (Fsp3) is 0.320. The van der Waals surface area contributed by atoms with E-state index in [0.717, 1.165) is 30.9 Å². The number of aromatic nitrogens is 2. The van der Waals surface area contributed by atoms with Crippen LogP contribution < -0.4 is 5.32 Å². The molecule has 0 saturated heterocycles. The van der Waals surface area contributed by atoms with Crippen LogP contribution in [0.25, 0.3) is 32.6 Å². The number of rotatable bonds is 3. The lowest BCUT2D eigenvalue weighted by atomic mass is 9.95.